The van der Waals surface area contributed by atoms with Crippen molar-refractivity contribution in [3.05, 3.63) is 65.5 Å². The molecule has 19 heavy (non-hydrogen) atoms. The number of nitrogens with zero attached hydrogens (tertiary/aromatic N) is 2. The Balaban J connectivity index is 2.11. The highest BCUT2D eigenvalue weighted by Gasteiger charge is 2.09. The van der Waals surface area contributed by atoms with E-state index in [0.717, 1.165) is 23.9 Å². The topological polar surface area (TPSA) is 34.9 Å². The summed E-state index contributed by atoms with van der Waals surface area (Å²) in [4.78, 5) is 15.5. The molecule has 3 nitrogen and oxygen atoms in total. The average Bonchev–Trinajstić information content (AvgIpc) is 2.80. The van der Waals surface area contributed by atoms with Crippen LogP contribution in [0.2, 0.25) is 0 Å². The number of aryl methyl sites for hydroxylation is 1. The van der Waals surface area contributed by atoms with Crippen molar-refractivity contribution in [2.24, 2.45) is 0 Å². The van der Waals surface area contributed by atoms with Crippen LogP contribution in [0.25, 0.3) is 11.0 Å². The zero-order valence-electron chi connectivity index (χ0n) is 10.7. The van der Waals surface area contributed by atoms with Crippen molar-refractivity contribution in [2.75, 3.05) is 0 Å². The summed E-state index contributed by atoms with van der Waals surface area (Å²) in [5.74, 6) is 0. The number of benzene rings is 1. The second-order valence-corrected chi connectivity index (χ2v) is 4.63. The maximum Gasteiger partial charge on any atom is 0.152 e. The van der Waals surface area contributed by atoms with Crippen LogP contribution >= 0.6 is 0 Å². The number of rotatable bonds is 3. The number of aldehydes is 1. The van der Waals surface area contributed by atoms with Crippen molar-refractivity contribution < 1.29 is 4.79 Å². The summed E-state index contributed by atoms with van der Waals surface area (Å²) < 4.78 is 2.03. The predicted molar refractivity (Wildman–Crippen MR) is 75.4 cm³/mol. The average molecular weight is 250 g/mol. The van der Waals surface area contributed by atoms with Crippen LogP contribution in [0.1, 0.15) is 21.5 Å². The Labute approximate surface area is 111 Å². The number of hydrogen-bond donors (Lipinski definition) is 0. The van der Waals surface area contributed by atoms with Crippen molar-refractivity contribution in [2.45, 2.75) is 13.5 Å². The van der Waals surface area contributed by atoms with Gasteiger partial charge in [-0.2, -0.15) is 0 Å². The molecule has 0 aliphatic rings. The number of aromatic nitrogens is 2. The van der Waals surface area contributed by atoms with Gasteiger partial charge in [-0.3, -0.25) is 4.79 Å². The normalized spacial score (nSPS) is 10.8. The van der Waals surface area contributed by atoms with Gasteiger partial charge in [0.15, 0.2) is 6.29 Å². The van der Waals surface area contributed by atoms with Gasteiger partial charge >= 0.3 is 0 Å². The smallest absolute Gasteiger partial charge is 0.152 e. The predicted octanol–water partition coefficient (Wildman–Crippen LogP) is 3.21. The molecule has 0 amide bonds. The van der Waals surface area contributed by atoms with Crippen molar-refractivity contribution in [1.82, 2.24) is 9.55 Å². The number of pyridine rings is 1. The van der Waals surface area contributed by atoms with Crippen LogP contribution < -0.4 is 0 Å². The van der Waals surface area contributed by atoms with Gasteiger partial charge in [0.2, 0.25) is 0 Å². The highest BCUT2D eigenvalue weighted by Crippen LogP contribution is 2.20. The first kappa shape index (κ1) is 11.7. The molecular weight excluding hydrogens is 236 g/mol. The van der Waals surface area contributed by atoms with E-state index in [1.54, 1.807) is 6.20 Å². The van der Waals surface area contributed by atoms with E-state index in [0.29, 0.717) is 5.56 Å². The monoisotopic (exact) mass is 250 g/mol. The molecule has 0 saturated heterocycles. The molecule has 0 atom stereocenters. The van der Waals surface area contributed by atoms with E-state index in [1.807, 2.05) is 35.0 Å². The van der Waals surface area contributed by atoms with Gasteiger partial charge in [0, 0.05) is 29.9 Å². The molecule has 0 unspecified atom stereocenters. The summed E-state index contributed by atoms with van der Waals surface area (Å²) in [6.07, 6.45) is 4.51. The van der Waals surface area contributed by atoms with Crippen molar-refractivity contribution in [3.8, 4) is 0 Å². The van der Waals surface area contributed by atoms with Crippen LogP contribution in [0.15, 0.2) is 48.8 Å². The molecular formula is C16H14N2O. The molecule has 1 aromatic carbocycles. The van der Waals surface area contributed by atoms with E-state index in [1.165, 1.54) is 11.1 Å². The zero-order chi connectivity index (χ0) is 13.2. The van der Waals surface area contributed by atoms with Gasteiger partial charge in [-0.15, -0.1) is 0 Å². The Morgan fingerprint density at radius 1 is 1.21 bits per heavy atom. The summed E-state index contributed by atoms with van der Waals surface area (Å²) >= 11 is 0. The molecule has 2 heterocycles. The lowest BCUT2D eigenvalue weighted by Crippen LogP contribution is -2.00. The van der Waals surface area contributed by atoms with E-state index >= 15 is 0 Å². The van der Waals surface area contributed by atoms with E-state index in [9.17, 15) is 4.79 Å². The van der Waals surface area contributed by atoms with Crippen LogP contribution in [0, 0.1) is 6.92 Å². The fourth-order valence-corrected chi connectivity index (χ4v) is 2.34. The highest BCUT2D eigenvalue weighted by atomic mass is 16.1. The Hall–Kier alpha value is -2.42. The van der Waals surface area contributed by atoms with Crippen LogP contribution in [0.5, 0.6) is 0 Å². The third kappa shape index (κ3) is 2.03. The fraction of sp³-hybridized carbons (Fsp3) is 0.125. The maximum absolute atomic E-state index is 11.1. The lowest BCUT2D eigenvalue weighted by Gasteiger charge is -2.07. The van der Waals surface area contributed by atoms with Gasteiger partial charge in [-0.05, 0) is 30.2 Å². The molecule has 0 radical (unpaired) electrons. The molecule has 0 N–H and O–H groups in total. The molecule has 94 valence electrons. The summed E-state index contributed by atoms with van der Waals surface area (Å²) in [6.45, 7) is 2.82. The summed E-state index contributed by atoms with van der Waals surface area (Å²) in [5.41, 5.74) is 4.03. The largest absolute Gasteiger partial charge is 0.327 e. The lowest BCUT2D eigenvalue weighted by atomic mass is 10.1. The van der Waals surface area contributed by atoms with E-state index < -0.39 is 0 Å². The van der Waals surface area contributed by atoms with Crippen molar-refractivity contribution in [1.29, 1.82) is 0 Å². The van der Waals surface area contributed by atoms with Gasteiger partial charge in [0.25, 0.3) is 0 Å². The molecule has 3 heteroatoms. The second-order valence-electron chi connectivity index (χ2n) is 4.63. The summed E-state index contributed by atoms with van der Waals surface area (Å²) in [7, 11) is 0. The molecule has 0 saturated carbocycles. The molecule has 0 bridgehead atoms. The van der Waals surface area contributed by atoms with E-state index in [2.05, 4.69) is 24.0 Å². The molecule has 2 aromatic heterocycles. The van der Waals surface area contributed by atoms with Crippen molar-refractivity contribution in [3.63, 3.8) is 0 Å². The van der Waals surface area contributed by atoms with Gasteiger partial charge in [-0.1, -0.05) is 24.3 Å². The number of hydrogen-bond acceptors (Lipinski definition) is 2. The Kier molecular flexibility index (Phi) is 2.88. The van der Waals surface area contributed by atoms with E-state index in [-0.39, 0.29) is 0 Å². The number of carbonyl (C=O) groups excluding carboxylic acids is 1. The minimum absolute atomic E-state index is 0.691. The van der Waals surface area contributed by atoms with Gasteiger partial charge in [0.05, 0.1) is 0 Å². The molecule has 3 rings (SSSR count). The van der Waals surface area contributed by atoms with Crippen LogP contribution in [0.3, 0.4) is 0 Å². The maximum atomic E-state index is 11.1. The molecule has 0 spiro atoms. The minimum atomic E-state index is 0.691. The van der Waals surface area contributed by atoms with Gasteiger partial charge in [-0.25, -0.2) is 4.98 Å². The summed E-state index contributed by atoms with van der Waals surface area (Å²) in [5, 5.41) is 0.908. The Morgan fingerprint density at radius 2 is 2.05 bits per heavy atom. The molecule has 0 fully saturated rings. The quantitative estimate of drug-likeness (QED) is 0.669. The third-order valence-corrected chi connectivity index (χ3v) is 3.39. The molecule has 0 aliphatic heterocycles. The lowest BCUT2D eigenvalue weighted by molar-refractivity contribution is 0.112. The van der Waals surface area contributed by atoms with Crippen LogP contribution in [-0.2, 0) is 6.54 Å². The summed E-state index contributed by atoms with van der Waals surface area (Å²) in [6, 6.07) is 12.0. The third-order valence-electron chi connectivity index (χ3n) is 3.39. The number of carbonyl (C=O) groups is 1. The fourth-order valence-electron chi connectivity index (χ4n) is 2.34. The van der Waals surface area contributed by atoms with Crippen molar-refractivity contribution >= 4 is 17.3 Å². The first-order valence-electron chi connectivity index (χ1n) is 6.23. The highest BCUT2D eigenvalue weighted by molar-refractivity contribution is 5.95. The molecule has 0 aliphatic carbocycles. The SMILES string of the molecule is Cc1ccccc1Cn1cc(C=O)c2cccnc21. The molecule has 3 aromatic rings. The zero-order valence-corrected chi connectivity index (χ0v) is 10.7. The standard InChI is InChI=1S/C16H14N2O/c1-12-5-2-3-6-13(12)9-18-10-14(11-19)15-7-4-8-17-16(15)18/h2-8,10-11H,9H2,1H3. The number of fused-ring (bicyclic) bond motifs is 1. The first-order valence-corrected chi connectivity index (χ1v) is 6.23. The Bertz CT molecular complexity index is 743. The van der Waals surface area contributed by atoms with Crippen LogP contribution in [-0.4, -0.2) is 15.8 Å². The first-order chi connectivity index (χ1) is 9.29. The van der Waals surface area contributed by atoms with Gasteiger partial charge in [0.1, 0.15) is 5.65 Å². The minimum Gasteiger partial charge on any atom is -0.327 e. The van der Waals surface area contributed by atoms with Crippen LogP contribution in [0.4, 0.5) is 0 Å². The van der Waals surface area contributed by atoms with Gasteiger partial charge < -0.3 is 4.57 Å². The Morgan fingerprint density at radius 3 is 2.84 bits per heavy atom. The van der Waals surface area contributed by atoms with E-state index in [4.69, 9.17) is 0 Å². The second kappa shape index (κ2) is 4.69.